The second kappa shape index (κ2) is 6.07. The van der Waals surface area contributed by atoms with Crippen LogP contribution in [0, 0.1) is 15.9 Å². The average Bonchev–Trinajstić information content (AvgIpc) is 2.42. The van der Waals surface area contributed by atoms with Gasteiger partial charge in [-0.25, -0.2) is 4.39 Å². The Labute approximate surface area is 128 Å². The summed E-state index contributed by atoms with van der Waals surface area (Å²) in [6.45, 7) is 0. The minimum absolute atomic E-state index is 0.130. The highest BCUT2D eigenvalue weighted by Gasteiger charge is 2.15. The van der Waals surface area contributed by atoms with Crippen LogP contribution in [0.1, 0.15) is 10.4 Å². The molecule has 1 amide bonds. The lowest BCUT2D eigenvalue weighted by molar-refractivity contribution is -0.384. The minimum atomic E-state index is -0.649. The molecule has 0 aliphatic heterocycles. The Balaban J connectivity index is 2.22. The van der Waals surface area contributed by atoms with Gasteiger partial charge in [-0.3, -0.25) is 14.9 Å². The third-order valence-electron chi connectivity index (χ3n) is 2.58. The molecule has 5 nitrogen and oxygen atoms in total. The summed E-state index contributed by atoms with van der Waals surface area (Å²) < 4.78 is 13.0. The molecule has 0 spiro atoms. The number of benzene rings is 2. The Morgan fingerprint density at radius 3 is 2.43 bits per heavy atom. The van der Waals surface area contributed by atoms with E-state index in [9.17, 15) is 19.3 Å². The number of nitro groups is 1. The number of hydrogen-bond acceptors (Lipinski definition) is 3. The molecule has 2 aromatic rings. The number of nitrogens with one attached hydrogen (secondary N) is 1. The Hall–Kier alpha value is -2.18. The quantitative estimate of drug-likeness (QED) is 0.674. The van der Waals surface area contributed by atoms with Crippen molar-refractivity contribution in [3.63, 3.8) is 0 Å². The third-order valence-corrected chi connectivity index (χ3v) is 3.18. The van der Waals surface area contributed by atoms with Crippen LogP contribution in [-0.4, -0.2) is 10.8 Å². The Bertz CT molecular complexity index is 737. The van der Waals surface area contributed by atoms with E-state index in [-0.39, 0.29) is 21.3 Å². The van der Waals surface area contributed by atoms with E-state index in [0.717, 1.165) is 12.1 Å². The van der Waals surface area contributed by atoms with Gasteiger partial charge in [0.05, 0.1) is 9.95 Å². The van der Waals surface area contributed by atoms with Gasteiger partial charge in [0.25, 0.3) is 11.6 Å². The molecule has 0 aliphatic carbocycles. The molecular formula is C13H7Cl2FN2O3. The lowest BCUT2D eigenvalue weighted by Gasteiger charge is -2.06. The van der Waals surface area contributed by atoms with E-state index in [1.54, 1.807) is 0 Å². The van der Waals surface area contributed by atoms with E-state index < -0.39 is 16.6 Å². The maximum absolute atomic E-state index is 13.0. The summed E-state index contributed by atoms with van der Waals surface area (Å²) in [5, 5.41) is 12.8. The smallest absolute Gasteiger partial charge is 0.287 e. The predicted octanol–water partition coefficient (Wildman–Crippen LogP) is 4.29. The van der Waals surface area contributed by atoms with Crippen molar-refractivity contribution in [1.82, 2.24) is 0 Å². The molecular weight excluding hydrogens is 322 g/mol. The summed E-state index contributed by atoms with van der Waals surface area (Å²) in [5.41, 5.74) is 0.130. The first-order valence-corrected chi connectivity index (χ1v) is 6.34. The van der Waals surface area contributed by atoms with Crippen LogP contribution in [0.25, 0.3) is 0 Å². The highest BCUT2D eigenvalue weighted by molar-refractivity contribution is 6.33. The van der Waals surface area contributed by atoms with Crippen molar-refractivity contribution in [1.29, 1.82) is 0 Å². The monoisotopic (exact) mass is 328 g/mol. The highest BCUT2D eigenvalue weighted by Crippen LogP contribution is 2.26. The molecule has 0 aromatic heterocycles. The number of halogens is 3. The number of carbonyl (C=O) groups excluding carboxylic acids is 1. The molecule has 0 bridgehead atoms. The van der Waals surface area contributed by atoms with Crippen LogP contribution in [0.5, 0.6) is 0 Å². The van der Waals surface area contributed by atoms with Crippen LogP contribution in [-0.2, 0) is 0 Å². The molecule has 21 heavy (non-hydrogen) atoms. The lowest BCUT2D eigenvalue weighted by Crippen LogP contribution is -2.12. The van der Waals surface area contributed by atoms with Crippen molar-refractivity contribution < 1.29 is 14.1 Å². The van der Waals surface area contributed by atoms with Crippen molar-refractivity contribution in [2.24, 2.45) is 0 Å². The van der Waals surface area contributed by atoms with Gasteiger partial charge in [-0.1, -0.05) is 23.2 Å². The standard InChI is InChI=1S/C13H7Cl2FN2O3/c14-9-6-8(2-3-11(9)16)17-13(19)7-1-4-12(18(20)21)10(15)5-7/h1-6H,(H,17,19). The van der Waals surface area contributed by atoms with Gasteiger partial charge in [-0.15, -0.1) is 0 Å². The van der Waals surface area contributed by atoms with Gasteiger partial charge in [0.2, 0.25) is 0 Å². The SMILES string of the molecule is O=C(Nc1ccc(F)c(Cl)c1)c1ccc([N+](=O)[O-])c(Cl)c1. The molecule has 8 heteroatoms. The van der Waals surface area contributed by atoms with Gasteiger partial charge >= 0.3 is 0 Å². The van der Waals surface area contributed by atoms with E-state index in [2.05, 4.69) is 5.32 Å². The van der Waals surface area contributed by atoms with Gasteiger partial charge in [-0.2, -0.15) is 0 Å². The molecule has 0 aliphatic rings. The molecule has 1 N–H and O–H groups in total. The largest absolute Gasteiger partial charge is 0.322 e. The first kappa shape index (κ1) is 15.2. The minimum Gasteiger partial charge on any atom is -0.322 e. The van der Waals surface area contributed by atoms with Crippen molar-refractivity contribution in [3.8, 4) is 0 Å². The molecule has 2 aromatic carbocycles. The number of rotatable bonds is 3. The van der Waals surface area contributed by atoms with Gasteiger partial charge in [-0.05, 0) is 30.3 Å². The van der Waals surface area contributed by atoms with Gasteiger partial charge < -0.3 is 5.32 Å². The Kier molecular flexibility index (Phi) is 4.40. The highest BCUT2D eigenvalue weighted by atomic mass is 35.5. The number of nitro benzene ring substituents is 1. The first-order chi connectivity index (χ1) is 9.88. The van der Waals surface area contributed by atoms with Gasteiger partial charge in [0.1, 0.15) is 10.8 Å². The predicted molar refractivity (Wildman–Crippen MR) is 77.5 cm³/mol. The van der Waals surface area contributed by atoms with Crippen LogP contribution < -0.4 is 5.32 Å². The maximum atomic E-state index is 13.0. The molecule has 2 rings (SSSR count). The van der Waals surface area contributed by atoms with Crippen LogP contribution >= 0.6 is 23.2 Å². The maximum Gasteiger partial charge on any atom is 0.287 e. The summed E-state index contributed by atoms with van der Waals surface area (Å²) in [5.74, 6) is -1.15. The normalized spacial score (nSPS) is 10.2. The van der Waals surface area contributed by atoms with Crippen molar-refractivity contribution >= 4 is 40.5 Å². The number of hydrogen-bond donors (Lipinski definition) is 1. The molecule has 0 heterocycles. The summed E-state index contributed by atoms with van der Waals surface area (Å²) >= 11 is 11.3. The van der Waals surface area contributed by atoms with Crippen LogP contribution in [0.3, 0.4) is 0 Å². The summed E-state index contributed by atoms with van der Waals surface area (Å²) in [7, 11) is 0. The van der Waals surface area contributed by atoms with Crippen molar-refractivity contribution in [2.45, 2.75) is 0 Å². The zero-order valence-corrected chi connectivity index (χ0v) is 11.8. The van der Waals surface area contributed by atoms with E-state index in [1.165, 1.54) is 24.3 Å². The molecule has 0 unspecified atom stereocenters. The van der Waals surface area contributed by atoms with Gasteiger partial charge in [0.15, 0.2) is 0 Å². The Morgan fingerprint density at radius 1 is 1.14 bits per heavy atom. The number of nitrogens with zero attached hydrogens (tertiary/aromatic N) is 1. The average molecular weight is 329 g/mol. The first-order valence-electron chi connectivity index (χ1n) is 5.59. The fraction of sp³-hybridized carbons (Fsp3) is 0. The summed E-state index contributed by atoms with van der Waals surface area (Å²) in [6, 6.07) is 7.29. The fourth-order valence-corrected chi connectivity index (χ4v) is 2.00. The molecule has 0 saturated heterocycles. The number of anilines is 1. The second-order valence-corrected chi connectivity index (χ2v) is 4.82. The molecule has 0 saturated carbocycles. The third kappa shape index (κ3) is 3.48. The van der Waals surface area contributed by atoms with Crippen molar-refractivity contribution in [3.05, 3.63) is 67.9 Å². The fourth-order valence-electron chi connectivity index (χ4n) is 1.57. The van der Waals surface area contributed by atoms with E-state index in [0.29, 0.717) is 5.69 Å². The lowest BCUT2D eigenvalue weighted by atomic mass is 10.2. The zero-order valence-electron chi connectivity index (χ0n) is 10.3. The number of carbonyl (C=O) groups is 1. The molecule has 0 fully saturated rings. The Morgan fingerprint density at radius 2 is 1.86 bits per heavy atom. The summed E-state index contributed by atoms with van der Waals surface area (Å²) in [6.07, 6.45) is 0. The van der Waals surface area contributed by atoms with E-state index in [4.69, 9.17) is 23.2 Å². The van der Waals surface area contributed by atoms with E-state index in [1.807, 2.05) is 0 Å². The molecule has 0 atom stereocenters. The second-order valence-electron chi connectivity index (χ2n) is 4.01. The van der Waals surface area contributed by atoms with E-state index >= 15 is 0 Å². The molecule has 108 valence electrons. The molecule has 0 radical (unpaired) electrons. The topological polar surface area (TPSA) is 72.2 Å². The van der Waals surface area contributed by atoms with Crippen LogP contribution in [0.2, 0.25) is 10.0 Å². The zero-order chi connectivity index (χ0) is 15.6. The van der Waals surface area contributed by atoms with Gasteiger partial charge in [0, 0.05) is 17.3 Å². The van der Waals surface area contributed by atoms with Crippen molar-refractivity contribution in [2.75, 3.05) is 5.32 Å². The number of amides is 1. The summed E-state index contributed by atoms with van der Waals surface area (Å²) in [4.78, 5) is 22.0. The van der Waals surface area contributed by atoms with Crippen LogP contribution in [0.4, 0.5) is 15.8 Å². The van der Waals surface area contributed by atoms with Crippen LogP contribution in [0.15, 0.2) is 36.4 Å².